The number of hydrogen-bond donors (Lipinski definition) is 6. The number of aliphatic hydroxyl groups excluding tert-OH is 1. The third-order valence-corrected chi connectivity index (χ3v) is 1.64. The number of aliphatic carboxylic acids is 4. The van der Waals surface area contributed by atoms with Crippen LogP contribution in [0.15, 0.2) is 48.6 Å². The molecule has 0 heterocycles. The van der Waals surface area contributed by atoms with Gasteiger partial charge in [0, 0.05) is 22.3 Å². The molecular formula is C18H30O11. The van der Waals surface area contributed by atoms with Crippen molar-refractivity contribution in [1.29, 1.82) is 0 Å². The zero-order chi connectivity index (χ0) is 24.7. The Morgan fingerprint density at radius 2 is 0.759 bits per heavy atom. The molecule has 0 amide bonds. The molecule has 0 saturated heterocycles. The van der Waals surface area contributed by atoms with Crippen LogP contribution in [-0.4, -0.2) is 67.9 Å². The maximum atomic E-state index is 9.60. The molecule has 0 aliphatic rings. The van der Waals surface area contributed by atoms with Crippen LogP contribution in [0.4, 0.5) is 0 Å². The maximum absolute atomic E-state index is 9.60. The lowest BCUT2D eigenvalue weighted by Gasteiger charge is -1.81. The fraction of sp³-hybridized carbons (Fsp3) is 0.333. The van der Waals surface area contributed by atoms with E-state index >= 15 is 0 Å². The van der Waals surface area contributed by atoms with Gasteiger partial charge in [-0.25, -0.2) is 24.1 Å². The standard InChI is InChI=1S/4C4H6O2.C2H6O3/c4*1-3(2)4(5)6;3-1-2-5-4/h4*1H2,2H3,(H,5,6);3-4H,1-2H2. The van der Waals surface area contributed by atoms with Crippen molar-refractivity contribution in [3.05, 3.63) is 48.6 Å². The Hall–Kier alpha value is -3.28. The Kier molecular flexibility index (Phi) is 31.2. The maximum Gasteiger partial charge on any atom is 0.330 e. The van der Waals surface area contributed by atoms with E-state index in [2.05, 4.69) is 31.2 Å². The lowest BCUT2D eigenvalue weighted by atomic mass is 10.4. The van der Waals surface area contributed by atoms with E-state index in [1.807, 2.05) is 0 Å². The summed E-state index contributed by atoms with van der Waals surface area (Å²) in [6.07, 6.45) is 0. The summed E-state index contributed by atoms with van der Waals surface area (Å²) in [6, 6.07) is 0. The molecule has 0 unspecified atom stereocenters. The SMILES string of the molecule is C=C(C)C(=O)O.C=C(C)C(=O)O.C=C(C)C(=O)O.C=C(C)C(=O)O.OCCOO. The van der Waals surface area contributed by atoms with Gasteiger partial charge in [-0.05, 0) is 27.7 Å². The fourth-order valence-electron chi connectivity index (χ4n) is 0.0408. The summed E-state index contributed by atoms with van der Waals surface area (Å²) in [5.74, 6) is -3.74. The molecule has 0 bridgehead atoms. The van der Waals surface area contributed by atoms with Crippen molar-refractivity contribution in [2.45, 2.75) is 27.7 Å². The van der Waals surface area contributed by atoms with E-state index < -0.39 is 23.9 Å². The molecule has 0 aromatic carbocycles. The second-order valence-electron chi connectivity index (χ2n) is 4.90. The second kappa shape index (κ2) is 24.7. The molecule has 0 saturated carbocycles. The molecule has 6 N–H and O–H groups in total. The summed E-state index contributed by atoms with van der Waals surface area (Å²) in [5.41, 5.74) is 0.704. The zero-order valence-electron chi connectivity index (χ0n) is 17.0. The zero-order valence-corrected chi connectivity index (χ0v) is 17.0. The topological polar surface area (TPSA) is 199 Å². The Balaban J connectivity index is -0.0000000829. The summed E-state index contributed by atoms with van der Waals surface area (Å²) in [7, 11) is 0. The molecule has 0 atom stereocenters. The smallest absolute Gasteiger partial charge is 0.330 e. The Morgan fingerprint density at radius 1 is 0.621 bits per heavy atom. The molecule has 0 aliphatic heterocycles. The highest BCUT2D eigenvalue weighted by molar-refractivity contribution is 5.85. The number of carbonyl (C=O) groups is 4. The van der Waals surface area contributed by atoms with Gasteiger partial charge in [0.25, 0.3) is 0 Å². The summed E-state index contributed by atoms with van der Waals surface area (Å²) >= 11 is 0. The van der Waals surface area contributed by atoms with Gasteiger partial charge in [0.2, 0.25) is 0 Å². The van der Waals surface area contributed by atoms with Crippen LogP contribution < -0.4 is 0 Å². The van der Waals surface area contributed by atoms with Gasteiger partial charge in [0.05, 0.1) is 6.61 Å². The molecule has 0 aromatic heterocycles. The predicted molar refractivity (Wildman–Crippen MR) is 105 cm³/mol. The van der Waals surface area contributed by atoms with Crippen LogP contribution in [0.1, 0.15) is 27.7 Å². The third-order valence-electron chi connectivity index (χ3n) is 1.64. The molecular weight excluding hydrogens is 392 g/mol. The van der Waals surface area contributed by atoms with Gasteiger partial charge in [-0.2, -0.15) is 0 Å². The first-order valence-electron chi connectivity index (χ1n) is 7.41. The average Bonchev–Trinajstić information content (AvgIpc) is 2.57. The van der Waals surface area contributed by atoms with E-state index in [1.165, 1.54) is 27.7 Å². The summed E-state index contributed by atoms with van der Waals surface area (Å²) in [4.78, 5) is 41.8. The van der Waals surface area contributed by atoms with Gasteiger partial charge in [-0.3, -0.25) is 5.26 Å². The highest BCUT2D eigenvalue weighted by Crippen LogP contribution is 1.82. The minimum absolute atomic E-state index is 0. The molecule has 0 rings (SSSR count). The van der Waals surface area contributed by atoms with Gasteiger partial charge in [0.15, 0.2) is 0 Å². The van der Waals surface area contributed by atoms with Crippen molar-refractivity contribution in [3.63, 3.8) is 0 Å². The molecule has 0 aromatic rings. The highest BCUT2D eigenvalue weighted by Gasteiger charge is 1.91. The number of aliphatic hydroxyl groups is 1. The van der Waals surface area contributed by atoms with Crippen molar-refractivity contribution < 1.29 is 54.9 Å². The molecule has 11 heteroatoms. The molecule has 29 heavy (non-hydrogen) atoms. The first-order chi connectivity index (χ1) is 13.0. The first kappa shape index (κ1) is 36.6. The molecule has 0 spiro atoms. The summed E-state index contributed by atoms with van der Waals surface area (Å²) in [5, 5.41) is 46.8. The Labute approximate surface area is 169 Å². The van der Waals surface area contributed by atoms with Crippen LogP contribution in [0.25, 0.3) is 0 Å². The van der Waals surface area contributed by atoms with Crippen molar-refractivity contribution in [2.24, 2.45) is 0 Å². The second-order valence-corrected chi connectivity index (χ2v) is 4.90. The number of hydrogen-bond acceptors (Lipinski definition) is 7. The molecule has 0 radical (unpaired) electrons. The van der Waals surface area contributed by atoms with Gasteiger partial charge < -0.3 is 25.5 Å². The highest BCUT2D eigenvalue weighted by atomic mass is 17.1. The van der Waals surface area contributed by atoms with Crippen LogP contribution in [0, 0.1) is 0 Å². The van der Waals surface area contributed by atoms with Crippen LogP contribution in [0.2, 0.25) is 0 Å². The largest absolute Gasteiger partial charge is 0.478 e. The monoisotopic (exact) mass is 422 g/mol. The van der Waals surface area contributed by atoms with E-state index in [0.29, 0.717) is 0 Å². The lowest BCUT2D eigenvalue weighted by molar-refractivity contribution is -0.246. The first-order valence-corrected chi connectivity index (χ1v) is 7.41. The Morgan fingerprint density at radius 3 is 0.759 bits per heavy atom. The molecule has 0 fully saturated rings. The van der Waals surface area contributed by atoms with Gasteiger partial charge in [0.1, 0.15) is 6.61 Å². The van der Waals surface area contributed by atoms with Crippen LogP contribution >= 0.6 is 0 Å². The van der Waals surface area contributed by atoms with Crippen LogP contribution in [0.5, 0.6) is 0 Å². The van der Waals surface area contributed by atoms with E-state index in [4.69, 9.17) is 30.8 Å². The minimum Gasteiger partial charge on any atom is -0.478 e. The van der Waals surface area contributed by atoms with Crippen LogP contribution in [0.3, 0.4) is 0 Å². The van der Waals surface area contributed by atoms with Gasteiger partial charge >= 0.3 is 23.9 Å². The molecule has 168 valence electrons. The van der Waals surface area contributed by atoms with E-state index in [9.17, 15) is 19.2 Å². The number of rotatable bonds is 6. The number of carboxylic acids is 4. The van der Waals surface area contributed by atoms with E-state index in [0.717, 1.165) is 0 Å². The molecule has 0 aliphatic carbocycles. The normalized spacial score (nSPS) is 7.66. The van der Waals surface area contributed by atoms with E-state index in [-0.39, 0.29) is 35.5 Å². The van der Waals surface area contributed by atoms with Crippen LogP contribution in [-0.2, 0) is 24.1 Å². The minimum atomic E-state index is -0.935. The summed E-state index contributed by atoms with van der Waals surface area (Å²) in [6.45, 7) is 18.3. The third kappa shape index (κ3) is 58.9. The van der Waals surface area contributed by atoms with Crippen molar-refractivity contribution in [1.82, 2.24) is 0 Å². The predicted octanol–water partition coefficient (Wildman–Crippen LogP) is 2.06. The molecule has 11 nitrogen and oxygen atoms in total. The van der Waals surface area contributed by atoms with Crippen molar-refractivity contribution in [3.8, 4) is 0 Å². The average molecular weight is 422 g/mol. The fourth-order valence-corrected chi connectivity index (χ4v) is 0.0408. The summed E-state index contributed by atoms with van der Waals surface area (Å²) < 4.78 is 0. The van der Waals surface area contributed by atoms with E-state index in [1.54, 1.807) is 0 Å². The van der Waals surface area contributed by atoms with Crippen molar-refractivity contribution >= 4 is 23.9 Å². The van der Waals surface area contributed by atoms with Crippen molar-refractivity contribution in [2.75, 3.05) is 13.2 Å². The quantitative estimate of drug-likeness (QED) is 0.208. The van der Waals surface area contributed by atoms with Gasteiger partial charge in [-0.1, -0.05) is 26.3 Å². The Bertz CT molecular complexity index is 428. The van der Waals surface area contributed by atoms with Gasteiger partial charge in [-0.15, -0.1) is 0 Å². The lowest BCUT2D eigenvalue weighted by Crippen LogP contribution is -1.92. The number of carboxylic acid groups (broad SMARTS) is 4.